The normalized spacial score (nSPS) is 15.5. The van der Waals surface area contributed by atoms with Gasteiger partial charge in [0.1, 0.15) is 5.65 Å². The molecule has 1 amide bonds. The molecule has 1 aromatic carbocycles. The molecule has 8 nitrogen and oxygen atoms in total. The fourth-order valence-corrected chi connectivity index (χ4v) is 5.31. The Balaban J connectivity index is 1.26. The Labute approximate surface area is 187 Å². The van der Waals surface area contributed by atoms with Gasteiger partial charge >= 0.3 is 0 Å². The molecule has 1 aliphatic carbocycles. The number of nitrogens with zero attached hydrogens (tertiary/aromatic N) is 5. The van der Waals surface area contributed by atoms with Gasteiger partial charge in [0.15, 0.2) is 5.69 Å². The third-order valence-corrected chi connectivity index (χ3v) is 7.40. The first-order chi connectivity index (χ1) is 15.4. The van der Waals surface area contributed by atoms with Gasteiger partial charge in [-0.2, -0.15) is 0 Å². The van der Waals surface area contributed by atoms with Gasteiger partial charge in [-0.3, -0.25) is 9.00 Å². The largest absolute Gasteiger partial charge is 0.346 e. The quantitative estimate of drug-likeness (QED) is 0.423. The Morgan fingerprint density at radius 2 is 2.00 bits per heavy atom. The molecule has 32 heavy (non-hydrogen) atoms. The van der Waals surface area contributed by atoms with Crippen LogP contribution in [-0.2, 0) is 22.2 Å². The molecule has 0 aliphatic heterocycles. The molecule has 1 N–H and O–H groups in total. The maximum atomic E-state index is 12.6. The molecular weight excluding hydrogens is 443 g/mol. The summed E-state index contributed by atoms with van der Waals surface area (Å²) in [6.45, 7) is 0.664. The molecule has 1 fully saturated rings. The Morgan fingerprint density at radius 3 is 2.78 bits per heavy atom. The van der Waals surface area contributed by atoms with E-state index >= 15 is 0 Å². The molecule has 3 aromatic heterocycles. The van der Waals surface area contributed by atoms with E-state index in [0.717, 1.165) is 16.9 Å². The smallest absolute Gasteiger partial charge is 0.273 e. The summed E-state index contributed by atoms with van der Waals surface area (Å²) in [5.74, 6) is 0.346. The van der Waals surface area contributed by atoms with Crippen LogP contribution in [0.5, 0.6) is 0 Å². The number of pyridine rings is 1. The minimum absolute atomic E-state index is 0.220. The fourth-order valence-electron chi connectivity index (χ4n) is 3.74. The van der Waals surface area contributed by atoms with Crippen LogP contribution in [0.25, 0.3) is 5.65 Å². The molecule has 0 radical (unpaired) electrons. The maximum Gasteiger partial charge on any atom is 0.273 e. The Kier molecular flexibility index (Phi) is 5.31. The molecule has 4 aromatic rings. The molecule has 1 atom stereocenters. The number of carbonyl (C=O) groups is 1. The molecular formula is C22H23N6O2PS. The van der Waals surface area contributed by atoms with Crippen molar-refractivity contribution in [2.45, 2.75) is 36.7 Å². The number of aromatic nitrogens is 5. The second-order valence-electron chi connectivity index (χ2n) is 8.17. The van der Waals surface area contributed by atoms with Crippen LogP contribution < -0.4 is 5.32 Å². The van der Waals surface area contributed by atoms with Crippen LogP contribution in [0.3, 0.4) is 0 Å². The average molecular weight is 467 g/mol. The van der Waals surface area contributed by atoms with Gasteiger partial charge < -0.3 is 9.72 Å². The van der Waals surface area contributed by atoms with Crippen molar-refractivity contribution >= 4 is 28.7 Å². The summed E-state index contributed by atoms with van der Waals surface area (Å²) < 4.78 is 16.0. The first-order valence-electron chi connectivity index (χ1n) is 10.3. The van der Waals surface area contributed by atoms with E-state index in [0.29, 0.717) is 17.4 Å². The summed E-state index contributed by atoms with van der Waals surface area (Å²) in [6.07, 6.45) is 9.87. The van der Waals surface area contributed by atoms with Gasteiger partial charge in [0.25, 0.3) is 5.91 Å². The monoisotopic (exact) mass is 466 g/mol. The molecule has 5 rings (SSSR count). The summed E-state index contributed by atoms with van der Waals surface area (Å²) in [5.41, 5.74) is 4.09. The van der Waals surface area contributed by atoms with Crippen LogP contribution in [0.4, 0.5) is 0 Å². The van der Waals surface area contributed by atoms with E-state index in [-0.39, 0.29) is 18.1 Å². The molecule has 3 heterocycles. The van der Waals surface area contributed by atoms with E-state index in [2.05, 4.69) is 40.9 Å². The van der Waals surface area contributed by atoms with E-state index in [4.69, 9.17) is 0 Å². The standard InChI is InChI=1S/C22H23N6O2PS/c1-32(30,31)20-5-3-2-4-16(20)10-23-22(29)19-14-28(26-25-19)13-18-12-27-11-17(15-6-7-15)8-9-21(27)24-18/h2-5,8-9,11-12,14-15,31H,6-7,10,13H2,1H3,(H,23,29). The number of carbonyl (C=O) groups excluding carboxylic acids is 1. The van der Waals surface area contributed by atoms with Crippen molar-refractivity contribution in [2.24, 2.45) is 0 Å². The van der Waals surface area contributed by atoms with E-state index in [9.17, 15) is 9.00 Å². The summed E-state index contributed by atoms with van der Waals surface area (Å²) in [6, 6.07) is 11.5. The zero-order valence-corrected chi connectivity index (χ0v) is 19.4. The third kappa shape index (κ3) is 4.45. The van der Waals surface area contributed by atoms with Gasteiger partial charge in [-0.05, 0) is 42.0 Å². The number of rotatable bonds is 7. The van der Waals surface area contributed by atoms with Crippen molar-refractivity contribution in [3.05, 3.63) is 77.5 Å². The van der Waals surface area contributed by atoms with E-state index in [1.54, 1.807) is 23.2 Å². The summed E-state index contributed by atoms with van der Waals surface area (Å²) in [4.78, 5) is 17.9. The van der Waals surface area contributed by atoms with Crippen LogP contribution >= 0.6 is 8.02 Å². The average Bonchev–Trinajstić information content (AvgIpc) is 3.38. The Bertz CT molecular complexity index is 1420. The van der Waals surface area contributed by atoms with E-state index in [1.165, 1.54) is 18.4 Å². The summed E-state index contributed by atoms with van der Waals surface area (Å²) >= 11 is 0. The van der Waals surface area contributed by atoms with Gasteiger partial charge in [0.05, 0.1) is 18.4 Å². The minimum atomic E-state index is -2.33. The number of benzene rings is 1. The zero-order chi connectivity index (χ0) is 22.3. The fraction of sp³-hybridized carbons (Fsp3) is 0.273. The predicted octanol–water partition coefficient (Wildman–Crippen LogP) is 3.11. The van der Waals surface area contributed by atoms with Crippen LogP contribution in [-0.4, -0.2) is 40.8 Å². The molecule has 0 spiro atoms. The molecule has 1 saturated carbocycles. The highest BCUT2D eigenvalue weighted by molar-refractivity contribution is 8.20. The van der Waals surface area contributed by atoms with Crippen molar-refractivity contribution in [3.8, 4) is 0 Å². The minimum Gasteiger partial charge on any atom is -0.346 e. The van der Waals surface area contributed by atoms with Gasteiger partial charge in [-0.15, -0.1) is 5.10 Å². The highest BCUT2D eigenvalue weighted by Crippen LogP contribution is 2.39. The number of imidazole rings is 1. The molecule has 164 valence electrons. The Hall–Kier alpha value is -3.03. The number of amides is 1. The van der Waals surface area contributed by atoms with Gasteiger partial charge in [0, 0.05) is 39.2 Å². The second kappa shape index (κ2) is 8.15. The summed E-state index contributed by atoms with van der Waals surface area (Å²) in [7, 11) is 0.961. The molecule has 1 unspecified atom stereocenters. The van der Waals surface area contributed by atoms with Crippen LogP contribution in [0.1, 0.15) is 46.1 Å². The highest BCUT2D eigenvalue weighted by Gasteiger charge is 2.23. The van der Waals surface area contributed by atoms with Crippen molar-refractivity contribution in [1.82, 2.24) is 29.7 Å². The highest BCUT2D eigenvalue weighted by atomic mass is 32.5. The lowest BCUT2D eigenvalue weighted by molar-refractivity contribution is 0.0945. The topological polar surface area (TPSA) is 94.2 Å². The lowest BCUT2D eigenvalue weighted by atomic mass is 10.2. The predicted molar refractivity (Wildman–Crippen MR) is 125 cm³/mol. The van der Waals surface area contributed by atoms with Gasteiger partial charge in [-0.25, -0.2) is 9.67 Å². The van der Waals surface area contributed by atoms with Crippen LogP contribution in [0.15, 0.2) is 59.9 Å². The van der Waals surface area contributed by atoms with Crippen molar-refractivity contribution in [1.29, 1.82) is 0 Å². The van der Waals surface area contributed by atoms with Crippen molar-refractivity contribution in [2.75, 3.05) is 6.26 Å². The molecule has 10 heteroatoms. The zero-order valence-electron chi connectivity index (χ0n) is 17.6. The van der Waals surface area contributed by atoms with Gasteiger partial charge in [-0.1, -0.05) is 37.5 Å². The number of nitrogens with one attached hydrogen (secondary N) is 1. The van der Waals surface area contributed by atoms with Crippen LogP contribution in [0, 0.1) is 0 Å². The van der Waals surface area contributed by atoms with E-state index < -0.39 is 9.11 Å². The molecule has 0 saturated heterocycles. The first-order valence-corrected chi connectivity index (χ1v) is 13.5. The SMILES string of the molecule is CS(=O)(=P)c1ccccc1CNC(=O)c1cn(Cc2cn3cc(C4CC4)ccc3n2)nn1. The molecule has 0 bridgehead atoms. The van der Waals surface area contributed by atoms with E-state index in [1.807, 2.05) is 34.9 Å². The van der Waals surface area contributed by atoms with Crippen LogP contribution in [0.2, 0.25) is 0 Å². The number of hydrogen-bond donors (Lipinski definition) is 1. The second-order valence-corrected chi connectivity index (χ2v) is 12.6. The summed E-state index contributed by atoms with van der Waals surface area (Å²) in [5, 5.41) is 10.9. The first kappa shape index (κ1) is 20.8. The lowest BCUT2D eigenvalue weighted by Gasteiger charge is -2.10. The lowest BCUT2D eigenvalue weighted by Crippen LogP contribution is -2.24. The number of hydrogen-bond acceptors (Lipinski definition) is 5. The van der Waals surface area contributed by atoms with Gasteiger partial charge in [0.2, 0.25) is 0 Å². The van der Waals surface area contributed by atoms with Crippen molar-refractivity contribution < 1.29 is 9.00 Å². The number of fused-ring (bicyclic) bond motifs is 1. The maximum absolute atomic E-state index is 12.6. The third-order valence-electron chi connectivity index (χ3n) is 5.50. The Morgan fingerprint density at radius 1 is 1.19 bits per heavy atom. The molecule has 1 aliphatic rings. The van der Waals surface area contributed by atoms with Crippen molar-refractivity contribution in [3.63, 3.8) is 0 Å².